The molecule has 0 saturated heterocycles. The van der Waals surface area contributed by atoms with Gasteiger partial charge in [0.25, 0.3) is 0 Å². The summed E-state index contributed by atoms with van der Waals surface area (Å²) in [6.45, 7) is 0. The monoisotopic (exact) mass is 264 g/mol. The van der Waals surface area contributed by atoms with Crippen LogP contribution in [0, 0.1) is 0 Å². The first-order chi connectivity index (χ1) is 9.79. The topological polar surface area (TPSA) is 46.5 Å². The Hall–Kier alpha value is -2.75. The van der Waals surface area contributed by atoms with Gasteiger partial charge in [-0.3, -0.25) is 0 Å². The van der Waals surface area contributed by atoms with Crippen LogP contribution < -0.4 is 0 Å². The molecule has 1 N–H and O–H groups in total. The molecule has 0 aliphatic rings. The molecule has 0 aliphatic heterocycles. The molecule has 1 aromatic carbocycles. The van der Waals surface area contributed by atoms with Crippen molar-refractivity contribution in [1.82, 2.24) is 9.38 Å². The molecule has 3 aromatic heterocycles. The minimum absolute atomic E-state index is 0.321. The summed E-state index contributed by atoms with van der Waals surface area (Å²) in [6, 6.07) is 12.0. The molecule has 0 aliphatic carbocycles. The first-order valence-electron chi connectivity index (χ1n) is 6.38. The van der Waals surface area contributed by atoms with Crippen LogP contribution in [-0.4, -0.2) is 22.5 Å². The first-order valence-corrected chi connectivity index (χ1v) is 6.38. The number of benzene rings is 1. The average molecular weight is 264 g/mol. The number of aromatic amines is 1. The average Bonchev–Trinajstić information content (AvgIpc) is 3.07. The molecule has 4 aromatic rings. The van der Waals surface area contributed by atoms with Crippen molar-refractivity contribution in [2.24, 2.45) is 0 Å². The van der Waals surface area contributed by atoms with Crippen LogP contribution in [0.25, 0.3) is 27.3 Å². The highest BCUT2D eigenvalue weighted by atomic mass is 16.5. The summed E-state index contributed by atoms with van der Waals surface area (Å²) in [5.74, 6) is -0.321. The zero-order valence-electron chi connectivity index (χ0n) is 10.9. The van der Waals surface area contributed by atoms with Crippen LogP contribution in [0.15, 0.2) is 48.8 Å². The van der Waals surface area contributed by atoms with Gasteiger partial charge in [-0.05, 0) is 18.2 Å². The van der Waals surface area contributed by atoms with Gasteiger partial charge in [0.1, 0.15) is 0 Å². The molecule has 4 heteroatoms. The predicted molar refractivity (Wildman–Crippen MR) is 78.1 cm³/mol. The molecule has 0 unspecified atom stereocenters. The van der Waals surface area contributed by atoms with Crippen LogP contribution in [0.5, 0.6) is 0 Å². The van der Waals surface area contributed by atoms with Crippen LogP contribution >= 0.6 is 0 Å². The number of para-hydroxylation sites is 1. The van der Waals surface area contributed by atoms with Crippen molar-refractivity contribution in [2.45, 2.75) is 0 Å². The zero-order chi connectivity index (χ0) is 13.7. The first kappa shape index (κ1) is 11.1. The lowest BCUT2D eigenvalue weighted by atomic mass is 10.1. The van der Waals surface area contributed by atoms with E-state index >= 15 is 0 Å². The highest BCUT2D eigenvalue weighted by molar-refractivity contribution is 6.15. The molecule has 0 atom stereocenters. The lowest BCUT2D eigenvalue weighted by Gasteiger charge is -2.00. The van der Waals surface area contributed by atoms with Crippen molar-refractivity contribution >= 4 is 33.3 Å². The molecule has 3 heterocycles. The fourth-order valence-corrected chi connectivity index (χ4v) is 2.79. The predicted octanol–water partition coefficient (Wildman–Crippen LogP) is 3.36. The lowest BCUT2D eigenvalue weighted by Crippen LogP contribution is -2.00. The van der Waals surface area contributed by atoms with Gasteiger partial charge >= 0.3 is 5.97 Å². The number of fused-ring (bicyclic) bond motifs is 5. The summed E-state index contributed by atoms with van der Waals surface area (Å²) in [7, 11) is 1.40. The molecule has 0 saturated carbocycles. The standard InChI is InChI=1S/C16H12N2O2/c1-20-16(19)12-7-9-18-8-6-11-10-4-2-3-5-13(10)17-14(11)15(12)18/h2-9,17H,1H3. The molecule has 0 amide bonds. The van der Waals surface area contributed by atoms with E-state index in [1.165, 1.54) is 7.11 Å². The van der Waals surface area contributed by atoms with Crippen molar-refractivity contribution in [3.63, 3.8) is 0 Å². The number of pyridine rings is 1. The van der Waals surface area contributed by atoms with E-state index in [9.17, 15) is 4.79 Å². The number of carbonyl (C=O) groups is 1. The fourth-order valence-electron chi connectivity index (χ4n) is 2.79. The Bertz CT molecular complexity index is 963. The van der Waals surface area contributed by atoms with E-state index < -0.39 is 0 Å². The Morgan fingerprint density at radius 3 is 2.75 bits per heavy atom. The Morgan fingerprint density at radius 1 is 1.10 bits per heavy atom. The fraction of sp³-hybridized carbons (Fsp3) is 0.0625. The molecular weight excluding hydrogens is 252 g/mol. The van der Waals surface area contributed by atoms with Gasteiger partial charge in [-0.15, -0.1) is 0 Å². The summed E-state index contributed by atoms with van der Waals surface area (Å²) in [5, 5.41) is 2.26. The molecule has 98 valence electrons. The number of aromatic nitrogens is 2. The Labute approximate surface area is 114 Å². The molecule has 0 bridgehead atoms. The number of rotatable bonds is 1. The lowest BCUT2D eigenvalue weighted by molar-refractivity contribution is 0.0603. The van der Waals surface area contributed by atoms with Crippen molar-refractivity contribution in [3.8, 4) is 0 Å². The van der Waals surface area contributed by atoms with Crippen LogP contribution in [0.3, 0.4) is 0 Å². The van der Waals surface area contributed by atoms with Gasteiger partial charge in [-0.1, -0.05) is 18.2 Å². The number of hydrogen-bond acceptors (Lipinski definition) is 2. The third-order valence-corrected chi connectivity index (χ3v) is 3.71. The van der Waals surface area contributed by atoms with Gasteiger partial charge in [-0.25, -0.2) is 4.79 Å². The van der Waals surface area contributed by atoms with E-state index in [0.717, 1.165) is 27.3 Å². The number of H-pyrrole nitrogens is 1. The molecule has 4 nitrogen and oxygen atoms in total. The third-order valence-electron chi connectivity index (χ3n) is 3.71. The number of ether oxygens (including phenoxy) is 1. The van der Waals surface area contributed by atoms with Crippen molar-refractivity contribution in [3.05, 3.63) is 54.4 Å². The number of methoxy groups -OCH3 is 1. The summed E-state index contributed by atoms with van der Waals surface area (Å²) in [4.78, 5) is 15.3. The van der Waals surface area contributed by atoms with Gasteiger partial charge in [0.2, 0.25) is 0 Å². The second kappa shape index (κ2) is 3.87. The largest absolute Gasteiger partial charge is 0.465 e. The number of nitrogens with one attached hydrogen (secondary N) is 1. The van der Waals surface area contributed by atoms with Crippen molar-refractivity contribution in [2.75, 3.05) is 7.11 Å². The molecule has 0 fully saturated rings. The SMILES string of the molecule is COC(=O)c1ccn2ccc3c4ccccc4[nH]c3c12. The Morgan fingerprint density at radius 2 is 1.90 bits per heavy atom. The van der Waals surface area contributed by atoms with Crippen LogP contribution in [-0.2, 0) is 4.74 Å². The highest BCUT2D eigenvalue weighted by Crippen LogP contribution is 2.30. The van der Waals surface area contributed by atoms with Gasteiger partial charge < -0.3 is 14.1 Å². The maximum atomic E-state index is 11.9. The van der Waals surface area contributed by atoms with Gasteiger partial charge in [-0.2, -0.15) is 0 Å². The Balaban J connectivity index is 2.22. The summed E-state index contributed by atoms with van der Waals surface area (Å²) in [6.07, 6.45) is 3.83. The normalized spacial score (nSPS) is 11.4. The van der Waals surface area contributed by atoms with Crippen LogP contribution in [0.1, 0.15) is 10.4 Å². The number of carbonyl (C=O) groups excluding carboxylic acids is 1. The van der Waals surface area contributed by atoms with Gasteiger partial charge in [0, 0.05) is 28.7 Å². The summed E-state index contributed by atoms with van der Waals surface area (Å²) >= 11 is 0. The summed E-state index contributed by atoms with van der Waals surface area (Å²) in [5.41, 5.74) is 3.45. The van der Waals surface area contributed by atoms with E-state index in [1.807, 2.05) is 35.0 Å². The molecule has 4 rings (SSSR count). The second-order valence-electron chi connectivity index (χ2n) is 4.75. The molecule has 0 radical (unpaired) electrons. The van der Waals surface area contributed by atoms with E-state index in [1.54, 1.807) is 6.07 Å². The minimum atomic E-state index is -0.321. The molecule has 0 spiro atoms. The zero-order valence-corrected chi connectivity index (χ0v) is 10.9. The van der Waals surface area contributed by atoms with Crippen molar-refractivity contribution in [1.29, 1.82) is 0 Å². The minimum Gasteiger partial charge on any atom is -0.465 e. The van der Waals surface area contributed by atoms with E-state index in [2.05, 4.69) is 17.1 Å². The van der Waals surface area contributed by atoms with Crippen LogP contribution in [0.2, 0.25) is 0 Å². The van der Waals surface area contributed by atoms with E-state index in [4.69, 9.17) is 4.74 Å². The summed E-state index contributed by atoms with van der Waals surface area (Å²) < 4.78 is 6.79. The molecule has 20 heavy (non-hydrogen) atoms. The van der Waals surface area contributed by atoms with Gasteiger partial charge in [0.15, 0.2) is 0 Å². The third kappa shape index (κ3) is 1.33. The Kier molecular flexibility index (Phi) is 2.15. The van der Waals surface area contributed by atoms with E-state index in [0.29, 0.717) is 5.56 Å². The maximum Gasteiger partial charge on any atom is 0.340 e. The second-order valence-corrected chi connectivity index (χ2v) is 4.75. The van der Waals surface area contributed by atoms with Gasteiger partial charge in [0.05, 0.1) is 23.7 Å². The number of hydrogen-bond donors (Lipinski definition) is 1. The maximum absolute atomic E-state index is 11.9. The highest BCUT2D eigenvalue weighted by Gasteiger charge is 2.16. The smallest absolute Gasteiger partial charge is 0.340 e. The number of esters is 1. The van der Waals surface area contributed by atoms with Crippen molar-refractivity contribution < 1.29 is 9.53 Å². The van der Waals surface area contributed by atoms with E-state index in [-0.39, 0.29) is 5.97 Å². The molecular formula is C16H12N2O2. The van der Waals surface area contributed by atoms with Crippen LogP contribution in [0.4, 0.5) is 0 Å². The quantitative estimate of drug-likeness (QED) is 0.536. The number of nitrogens with zero attached hydrogens (tertiary/aromatic N) is 1.